The Morgan fingerprint density at radius 1 is 1.04 bits per heavy atom. The number of carbonyl (C=O) groups excluding carboxylic acids is 1. The van der Waals surface area contributed by atoms with Gasteiger partial charge in [0.1, 0.15) is 0 Å². The molecular weight excluding hydrogens is 302 g/mol. The Bertz CT molecular complexity index is 849. The minimum Gasteiger partial charge on any atom is -0.325 e. The highest BCUT2D eigenvalue weighted by Gasteiger charge is 2.30. The molecule has 1 aliphatic rings. The van der Waals surface area contributed by atoms with Crippen molar-refractivity contribution in [3.8, 4) is 11.1 Å². The number of benzene rings is 2. The molecule has 0 fully saturated rings. The molecule has 114 valence electrons. The molecule has 23 heavy (non-hydrogen) atoms. The molecule has 3 heteroatoms. The predicted molar refractivity (Wildman–Crippen MR) is 96.0 cm³/mol. The lowest BCUT2D eigenvalue weighted by atomic mass is 9.89. The maximum atomic E-state index is 12.3. The van der Waals surface area contributed by atoms with E-state index in [2.05, 4.69) is 54.0 Å². The molecule has 0 radical (unpaired) electrons. The number of nitrogens with one attached hydrogen (secondary N) is 1. The van der Waals surface area contributed by atoms with Crippen molar-refractivity contribution in [2.45, 2.75) is 19.3 Å². The van der Waals surface area contributed by atoms with Gasteiger partial charge in [-0.25, -0.2) is 0 Å². The van der Waals surface area contributed by atoms with Gasteiger partial charge >= 0.3 is 0 Å². The van der Waals surface area contributed by atoms with Crippen LogP contribution in [0.4, 0.5) is 5.69 Å². The monoisotopic (exact) mass is 319 g/mol. The smallest absolute Gasteiger partial charge is 0.225 e. The molecule has 1 amide bonds. The number of anilines is 1. The summed E-state index contributed by atoms with van der Waals surface area (Å²) in [6.07, 6.45) is 0.519. The summed E-state index contributed by atoms with van der Waals surface area (Å²) in [5.74, 6) is 0.250. The van der Waals surface area contributed by atoms with Crippen LogP contribution in [0.1, 0.15) is 28.3 Å². The van der Waals surface area contributed by atoms with E-state index >= 15 is 0 Å². The topological polar surface area (TPSA) is 29.1 Å². The van der Waals surface area contributed by atoms with Crippen LogP contribution in [0.15, 0.2) is 60.0 Å². The summed E-state index contributed by atoms with van der Waals surface area (Å²) in [5, 5.41) is 5.25. The van der Waals surface area contributed by atoms with Crippen molar-refractivity contribution >= 4 is 22.9 Å². The highest BCUT2D eigenvalue weighted by Crippen LogP contribution is 2.46. The lowest BCUT2D eigenvalue weighted by Crippen LogP contribution is -2.22. The van der Waals surface area contributed by atoms with Crippen LogP contribution in [0, 0.1) is 6.92 Å². The van der Waals surface area contributed by atoms with Crippen LogP contribution >= 0.6 is 11.3 Å². The molecule has 4 rings (SSSR count). The number of amides is 1. The van der Waals surface area contributed by atoms with E-state index in [9.17, 15) is 4.79 Å². The van der Waals surface area contributed by atoms with E-state index < -0.39 is 0 Å². The third-order valence-corrected chi connectivity index (χ3v) is 5.45. The molecule has 0 unspecified atom stereocenters. The van der Waals surface area contributed by atoms with E-state index in [0.717, 1.165) is 16.8 Å². The molecule has 0 aliphatic carbocycles. The van der Waals surface area contributed by atoms with E-state index in [1.54, 1.807) is 11.3 Å². The zero-order valence-corrected chi connectivity index (χ0v) is 13.7. The first kappa shape index (κ1) is 14.2. The summed E-state index contributed by atoms with van der Waals surface area (Å²) in [6.45, 7) is 2.08. The van der Waals surface area contributed by atoms with Crippen molar-refractivity contribution in [1.82, 2.24) is 0 Å². The largest absolute Gasteiger partial charge is 0.325 e. The Balaban J connectivity index is 1.81. The minimum absolute atomic E-state index is 0.0960. The van der Waals surface area contributed by atoms with Crippen molar-refractivity contribution in [3.05, 3.63) is 76.0 Å². The van der Waals surface area contributed by atoms with Crippen molar-refractivity contribution in [2.75, 3.05) is 5.32 Å². The second kappa shape index (κ2) is 5.67. The molecule has 0 bridgehead atoms. The molecule has 2 aromatic carbocycles. The van der Waals surface area contributed by atoms with Crippen molar-refractivity contribution in [2.24, 2.45) is 0 Å². The fourth-order valence-electron chi connectivity index (χ4n) is 3.12. The number of aryl methyl sites for hydroxylation is 1. The zero-order chi connectivity index (χ0) is 15.8. The van der Waals surface area contributed by atoms with Crippen LogP contribution in [0.3, 0.4) is 0 Å². The molecular formula is C20H17NOS. The van der Waals surface area contributed by atoms with Crippen LogP contribution in [0.5, 0.6) is 0 Å². The Hall–Kier alpha value is -2.39. The molecule has 0 saturated heterocycles. The molecule has 3 aromatic rings. The average Bonchev–Trinajstić information content (AvgIpc) is 2.99. The van der Waals surface area contributed by atoms with Crippen LogP contribution in [0.2, 0.25) is 0 Å². The molecule has 1 atom stereocenters. The highest BCUT2D eigenvalue weighted by atomic mass is 32.1. The second-order valence-corrected chi connectivity index (χ2v) is 6.88. The quantitative estimate of drug-likeness (QED) is 0.691. The number of fused-ring (bicyclic) bond motifs is 1. The Kier molecular flexibility index (Phi) is 3.50. The maximum Gasteiger partial charge on any atom is 0.225 e. The lowest BCUT2D eigenvalue weighted by Gasteiger charge is -2.24. The Morgan fingerprint density at radius 3 is 2.52 bits per heavy atom. The van der Waals surface area contributed by atoms with E-state index in [0.29, 0.717) is 6.42 Å². The first-order valence-corrected chi connectivity index (χ1v) is 8.63. The summed E-state index contributed by atoms with van der Waals surface area (Å²) < 4.78 is 0. The van der Waals surface area contributed by atoms with Gasteiger partial charge in [-0.15, -0.1) is 11.3 Å². The van der Waals surface area contributed by atoms with Gasteiger partial charge in [-0.3, -0.25) is 4.79 Å². The number of hydrogen-bond donors (Lipinski definition) is 1. The van der Waals surface area contributed by atoms with E-state index in [-0.39, 0.29) is 11.8 Å². The Labute approximate surface area is 139 Å². The van der Waals surface area contributed by atoms with Crippen molar-refractivity contribution < 1.29 is 4.79 Å². The third kappa shape index (κ3) is 2.57. The molecule has 2 heterocycles. The van der Waals surface area contributed by atoms with E-state index in [1.165, 1.54) is 16.0 Å². The van der Waals surface area contributed by atoms with Crippen molar-refractivity contribution in [3.63, 3.8) is 0 Å². The SMILES string of the molecule is Cc1ccc([C@@H]2CC(=O)Nc3c(-c4ccccc4)csc32)cc1. The second-order valence-electron chi connectivity index (χ2n) is 5.97. The van der Waals surface area contributed by atoms with Gasteiger partial charge in [0.25, 0.3) is 0 Å². The third-order valence-electron chi connectivity index (χ3n) is 4.35. The zero-order valence-electron chi connectivity index (χ0n) is 12.9. The number of carbonyl (C=O) groups is 1. The molecule has 1 aliphatic heterocycles. The predicted octanol–water partition coefficient (Wildman–Crippen LogP) is 5.20. The summed E-state index contributed by atoms with van der Waals surface area (Å²) in [6, 6.07) is 18.8. The number of thiophene rings is 1. The van der Waals surface area contributed by atoms with Crippen LogP contribution in [0.25, 0.3) is 11.1 Å². The summed E-state index contributed by atoms with van der Waals surface area (Å²) in [4.78, 5) is 13.5. The number of rotatable bonds is 2. The summed E-state index contributed by atoms with van der Waals surface area (Å²) >= 11 is 1.74. The van der Waals surface area contributed by atoms with Gasteiger partial charge < -0.3 is 5.32 Å². The molecule has 2 nitrogen and oxygen atoms in total. The van der Waals surface area contributed by atoms with Gasteiger partial charge in [-0.1, -0.05) is 60.2 Å². The standard InChI is InChI=1S/C20H17NOS/c1-13-7-9-15(10-8-13)16-11-18(22)21-19-17(12-23-20(16)19)14-5-3-2-4-6-14/h2-10,12,16H,11H2,1H3,(H,21,22)/t16-/m0/s1. The molecule has 0 saturated carbocycles. The fraction of sp³-hybridized carbons (Fsp3) is 0.150. The van der Waals surface area contributed by atoms with E-state index in [4.69, 9.17) is 0 Å². The summed E-state index contributed by atoms with van der Waals surface area (Å²) in [5.41, 5.74) is 5.71. The first-order valence-electron chi connectivity index (χ1n) is 7.75. The number of hydrogen-bond acceptors (Lipinski definition) is 2. The van der Waals surface area contributed by atoms with Gasteiger partial charge in [-0.2, -0.15) is 0 Å². The minimum atomic E-state index is 0.0960. The first-order chi connectivity index (χ1) is 11.2. The molecule has 1 N–H and O–H groups in total. The van der Waals surface area contributed by atoms with Crippen molar-refractivity contribution in [1.29, 1.82) is 0 Å². The Morgan fingerprint density at radius 2 is 1.78 bits per heavy atom. The van der Waals surface area contributed by atoms with Gasteiger partial charge in [0.2, 0.25) is 5.91 Å². The molecule has 0 spiro atoms. The van der Waals surface area contributed by atoms with Gasteiger partial charge in [-0.05, 0) is 18.1 Å². The average molecular weight is 319 g/mol. The van der Waals surface area contributed by atoms with Gasteiger partial charge in [0.05, 0.1) is 5.69 Å². The maximum absolute atomic E-state index is 12.3. The highest BCUT2D eigenvalue weighted by molar-refractivity contribution is 7.11. The lowest BCUT2D eigenvalue weighted by molar-refractivity contribution is -0.116. The summed E-state index contributed by atoms with van der Waals surface area (Å²) in [7, 11) is 0. The normalized spacial score (nSPS) is 16.7. The van der Waals surface area contributed by atoms with Crippen LogP contribution in [-0.4, -0.2) is 5.91 Å². The van der Waals surface area contributed by atoms with Crippen LogP contribution in [-0.2, 0) is 4.79 Å². The van der Waals surface area contributed by atoms with Gasteiger partial charge in [0.15, 0.2) is 0 Å². The van der Waals surface area contributed by atoms with Gasteiger partial charge in [0, 0.05) is 28.2 Å². The fourth-order valence-corrected chi connectivity index (χ4v) is 4.29. The van der Waals surface area contributed by atoms with E-state index in [1.807, 2.05) is 18.2 Å². The van der Waals surface area contributed by atoms with Crippen LogP contribution < -0.4 is 5.32 Å². The molecule has 1 aromatic heterocycles.